The molecule has 1 aliphatic carbocycles. The molecule has 114 valence electrons. The molecule has 21 heavy (non-hydrogen) atoms. The van der Waals surface area contributed by atoms with Gasteiger partial charge in [0.05, 0.1) is 0 Å². The zero-order valence-corrected chi connectivity index (χ0v) is 12.0. The van der Waals surface area contributed by atoms with Gasteiger partial charge in [0.25, 0.3) is 0 Å². The van der Waals surface area contributed by atoms with Gasteiger partial charge in [-0.3, -0.25) is 4.79 Å². The van der Waals surface area contributed by atoms with Crippen molar-refractivity contribution in [2.45, 2.75) is 38.4 Å². The third-order valence-corrected chi connectivity index (χ3v) is 4.03. The Morgan fingerprint density at radius 1 is 1.33 bits per heavy atom. The van der Waals surface area contributed by atoms with Crippen LogP contribution in [-0.2, 0) is 11.3 Å². The zero-order valence-electron chi connectivity index (χ0n) is 12.0. The zero-order chi connectivity index (χ0) is 15.0. The fraction of sp³-hybridized carbons (Fsp3) is 0.533. The van der Waals surface area contributed by atoms with Crippen LogP contribution in [0.3, 0.4) is 0 Å². The van der Waals surface area contributed by atoms with E-state index in [1.54, 1.807) is 6.92 Å². The van der Waals surface area contributed by atoms with Crippen LogP contribution in [-0.4, -0.2) is 31.1 Å². The number of nitrogens with one attached hydrogen (secondary N) is 2. The lowest BCUT2D eigenvalue weighted by molar-refractivity contribution is -0.122. The first-order valence-corrected chi connectivity index (χ1v) is 7.32. The summed E-state index contributed by atoms with van der Waals surface area (Å²) in [4.78, 5) is 13.1. The molecule has 6 heteroatoms. The van der Waals surface area contributed by atoms with Gasteiger partial charge < -0.3 is 15.5 Å². The summed E-state index contributed by atoms with van der Waals surface area (Å²) in [6.07, 6.45) is 2.26. The lowest BCUT2D eigenvalue weighted by atomic mass is 10.1. The standard InChI is InChI=1S/C15H19F2N3O/c1-9-15(21)18-4-5-20(9)14-12(16)6-10(7-13(14)17)8-19-11-2-3-11/h6-7,9,11,19H,2-5,8H2,1H3,(H,18,21). The Bertz CT molecular complexity index is 537. The van der Waals surface area contributed by atoms with Crippen LogP contribution in [0, 0.1) is 11.6 Å². The number of carbonyl (C=O) groups is 1. The molecule has 1 aliphatic heterocycles. The first-order chi connectivity index (χ1) is 10.1. The fourth-order valence-electron chi connectivity index (χ4n) is 2.63. The summed E-state index contributed by atoms with van der Waals surface area (Å²) in [5, 5.41) is 5.92. The molecule has 3 rings (SSSR count). The van der Waals surface area contributed by atoms with E-state index < -0.39 is 17.7 Å². The van der Waals surface area contributed by atoms with Crippen LogP contribution in [0.2, 0.25) is 0 Å². The van der Waals surface area contributed by atoms with E-state index in [0.29, 0.717) is 31.2 Å². The van der Waals surface area contributed by atoms with E-state index >= 15 is 0 Å². The minimum absolute atomic E-state index is 0.104. The number of carbonyl (C=O) groups excluding carboxylic acids is 1. The molecule has 4 nitrogen and oxygen atoms in total. The van der Waals surface area contributed by atoms with Gasteiger partial charge in [0.2, 0.25) is 5.91 Å². The molecular weight excluding hydrogens is 276 g/mol. The molecule has 1 amide bonds. The Balaban J connectivity index is 1.82. The number of hydrogen-bond acceptors (Lipinski definition) is 3. The lowest BCUT2D eigenvalue weighted by Gasteiger charge is -2.35. The van der Waals surface area contributed by atoms with E-state index in [1.807, 2.05) is 0 Å². The summed E-state index contributed by atoms with van der Waals surface area (Å²) in [5.74, 6) is -1.42. The highest BCUT2D eigenvalue weighted by Crippen LogP contribution is 2.28. The predicted octanol–water partition coefficient (Wildman–Crippen LogP) is 1.54. The number of nitrogens with zero attached hydrogens (tertiary/aromatic N) is 1. The van der Waals surface area contributed by atoms with Crippen molar-refractivity contribution >= 4 is 11.6 Å². The number of anilines is 1. The van der Waals surface area contributed by atoms with Crippen LogP contribution in [0.1, 0.15) is 25.3 Å². The number of rotatable bonds is 4. The van der Waals surface area contributed by atoms with Crippen LogP contribution >= 0.6 is 0 Å². The molecule has 0 radical (unpaired) electrons. The maximum atomic E-state index is 14.3. The normalized spacial score (nSPS) is 22.3. The molecule has 2 fully saturated rings. The van der Waals surface area contributed by atoms with Crippen molar-refractivity contribution in [1.29, 1.82) is 0 Å². The lowest BCUT2D eigenvalue weighted by Crippen LogP contribution is -2.54. The Morgan fingerprint density at radius 3 is 2.62 bits per heavy atom. The van der Waals surface area contributed by atoms with E-state index in [1.165, 1.54) is 17.0 Å². The molecule has 1 aromatic rings. The first kappa shape index (κ1) is 14.3. The molecule has 0 aromatic heterocycles. The summed E-state index contributed by atoms with van der Waals surface area (Å²) in [6.45, 7) is 2.91. The van der Waals surface area contributed by atoms with Crippen molar-refractivity contribution in [1.82, 2.24) is 10.6 Å². The van der Waals surface area contributed by atoms with Gasteiger partial charge in [-0.1, -0.05) is 0 Å². The van der Waals surface area contributed by atoms with E-state index in [9.17, 15) is 13.6 Å². The fourth-order valence-corrected chi connectivity index (χ4v) is 2.63. The van der Waals surface area contributed by atoms with Crippen molar-refractivity contribution in [2.24, 2.45) is 0 Å². The van der Waals surface area contributed by atoms with Crippen molar-refractivity contribution in [3.63, 3.8) is 0 Å². The summed E-state index contributed by atoms with van der Waals surface area (Å²) >= 11 is 0. The minimum Gasteiger partial charge on any atom is -0.353 e. The molecule has 1 saturated carbocycles. The minimum atomic E-state index is -0.607. The summed E-state index contributed by atoms with van der Waals surface area (Å²) in [5.41, 5.74) is 0.488. The first-order valence-electron chi connectivity index (χ1n) is 7.32. The highest BCUT2D eigenvalue weighted by Gasteiger charge is 2.30. The Morgan fingerprint density at radius 2 is 2.00 bits per heavy atom. The molecule has 0 bridgehead atoms. The summed E-state index contributed by atoms with van der Waals surface area (Å²) < 4.78 is 28.6. The average Bonchev–Trinajstić information content (AvgIpc) is 3.24. The third kappa shape index (κ3) is 3.00. The maximum Gasteiger partial charge on any atom is 0.242 e. The van der Waals surface area contributed by atoms with Crippen LogP contribution < -0.4 is 15.5 Å². The molecule has 1 saturated heterocycles. The summed E-state index contributed by atoms with van der Waals surface area (Å²) in [7, 11) is 0. The van der Waals surface area contributed by atoms with Crippen LogP contribution in [0.5, 0.6) is 0 Å². The molecule has 1 unspecified atom stereocenters. The Kier molecular flexibility index (Phi) is 3.80. The number of halogens is 2. The molecule has 1 atom stereocenters. The molecule has 1 heterocycles. The van der Waals surface area contributed by atoms with Crippen molar-refractivity contribution in [3.05, 3.63) is 29.3 Å². The molecule has 2 aliphatic rings. The predicted molar refractivity (Wildman–Crippen MR) is 76.0 cm³/mol. The SMILES string of the molecule is CC1C(=O)NCCN1c1c(F)cc(CNC2CC2)cc1F. The second-order valence-electron chi connectivity index (χ2n) is 5.72. The van der Waals surface area contributed by atoms with Gasteiger partial charge in [-0.15, -0.1) is 0 Å². The van der Waals surface area contributed by atoms with Gasteiger partial charge in [-0.2, -0.15) is 0 Å². The van der Waals surface area contributed by atoms with E-state index in [2.05, 4.69) is 10.6 Å². The molecule has 2 N–H and O–H groups in total. The van der Waals surface area contributed by atoms with Crippen molar-refractivity contribution in [3.8, 4) is 0 Å². The molecule has 1 aromatic carbocycles. The van der Waals surface area contributed by atoms with Crippen molar-refractivity contribution < 1.29 is 13.6 Å². The second kappa shape index (κ2) is 5.60. The topological polar surface area (TPSA) is 44.4 Å². The van der Waals surface area contributed by atoms with Gasteiger partial charge >= 0.3 is 0 Å². The maximum absolute atomic E-state index is 14.3. The summed E-state index contributed by atoms with van der Waals surface area (Å²) in [6, 6.07) is 2.62. The Hall–Kier alpha value is -1.69. The van der Waals surface area contributed by atoms with Gasteiger partial charge in [0, 0.05) is 25.7 Å². The molecular formula is C15H19F2N3O. The van der Waals surface area contributed by atoms with Gasteiger partial charge in [0.1, 0.15) is 23.4 Å². The average molecular weight is 295 g/mol. The van der Waals surface area contributed by atoms with Gasteiger partial charge in [-0.05, 0) is 37.5 Å². The number of piperazine rings is 1. The monoisotopic (exact) mass is 295 g/mol. The van der Waals surface area contributed by atoms with E-state index in [0.717, 1.165) is 12.8 Å². The smallest absolute Gasteiger partial charge is 0.242 e. The third-order valence-electron chi connectivity index (χ3n) is 4.03. The highest BCUT2D eigenvalue weighted by atomic mass is 19.1. The molecule has 0 spiro atoms. The number of hydrogen-bond donors (Lipinski definition) is 2. The highest BCUT2D eigenvalue weighted by molar-refractivity contribution is 5.86. The van der Waals surface area contributed by atoms with Gasteiger partial charge in [-0.25, -0.2) is 8.78 Å². The Labute approximate surface area is 122 Å². The van der Waals surface area contributed by atoms with Crippen molar-refractivity contribution in [2.75, 3.05) is 18.0 Å². The van der Waals surface area contributed by atoms with E-state index in [4.69, 9.17) is 0 Å². The van der Waals surface area contributed by atoms with E-state index in [-0.39, 0.29) is 11.6 Å². The quantitative estimate of drug-likeness (QED) is 0.885. The number of benzene rings is 1. The van der Waals surface area contributed by atoms with Crippen LogP contribution in [0.4, 0.5) is 14.5 Å². The van der Waals surface area contributed by atoms with Crippen LogP contribution in [0.15, 0.2) is 12.1 Å². The van der Waals surface area contributed by atoms with Crippen LogP contribution in [0.25, 0.3) is 0 Å². The largest absolute Gasteiger partial charge is 0.353 e. The van der Waals surface area contributed by atoms with Gasteiger partial charge in [0.15, 0.2) is 0 Å². The number of amides is 1. The second-order valence-corrected chi connectivity index (χ2v) is 5.72.